The average molecular weight is 315 g/mol. The molecule has 0 unspecified atom stereocenters. The third-order valence-electron chi connectivity index (χ3n) is 4.87. The van der Waals surface area contributed by atoms with E-state index < -0.39 is 5.97 Å². The minimum Gasteiger partial charge on any atom is -0.477 e. The Bertz CT molecular complexity index is 783. The van der Waals surface area contributed by atoms with E-state index >= 15 is 0 Å². The van der Waals surface area contributed by atoms with Crippen molar-refractivity contribution < 1.29 is 9.90 Å². The number of nitrogens with one attached hydrogen (secondary N) is 1. The van der Waals surface area contributed by atoms with Gasteiger partial charge in [0, 0.05) is 6.54 Å². The monoisotopic (exact) mass is 315 g/mol. The Morgan fingerprint density at radius 3 is 2.95 bits per heavy atom. The molecule has 0 aromatic carbocycles. The third-order valence-corrected chi connectivity index (χ3v) is 6.06. The molecule has 2 aromatic heterocycles. The van der Waals surface area contributed by atoms with Crippen LogP contribution in [-0.4, -0.2) is 27.6 Å². The van der Waals surface area contributed by atoms with Gasteiger partial charge in [-0.3, -0.25) is 0 Å². The molecule has 2 bridgehead atoms. The minimum atomic E-state index is -0.898. The fourth-order valence-electron chi connectivity index (χ4n) is 3.77. The number of nitrogens with zero attached hydrogens (tertiary/aromatic N) is 2. The van der Waals surface area contributed by atoms with Crippen molar-refractivity contribution >= 4 is 33.3 Å². The Balaban J connectivity index is 1.61. The second kappa shape index (κ2) is 5.05. The number of carboxylic acid groups (broad SMARTS) is 1. The van der Waals surface area contributed by atoms with Crippen molar-refractivity contribution in [1.29, 1.82) is 0 Å². The summed E-state index contributed by atoms with van der Waals surface area (Å²) in [5, 5.41) is 13.6. The standard InChI is InChI=1S/C16H17N3O2S/c1-8-12-14(17-6-11-5-9-2-3-10(11)4-9)18-7-19-15(12)22-13(8)16(20)21/h2-3,7,9-11H,4-6H2,1H3,(H,20,21)(H,17,18,19)/t9-,10+,11-/m1/s1. The molecule has 2 aliphatic carbocycles. The molecule has 2 aliphatic rings. The fraction of sp³-hybridized carbons (Fsp3) is 0.438. The second-order valence-electron chi connectivity index (χ2n) is 6.18. The van der Waals surface area contributed by atoms with Crippen LogP contribution in [0.25, 0.3) is 10.2 Å². The summed E-state index contributed by atoms with van der Waals surface area (Å²) in [6, 6.07) is 0. The van der Waals surface area contributed by atoms with E-state index in [0.717, 1.165) is 34.1 Å². The van der Waals surface area contributed by atoms with Gasteiger partial charge in [0.1, 0.15) is 21.9 Å². The summed E-state index contributed by atoms with van der Waals surface area (Å²) >= 11 is 1.21. The van der Waals surface area contributed by atoms with Gasteiger partial charge in [0.25, 0.3) is 0 Å². The minimum absolute atomic E-state index is 0.349. The molecule has 2 aromatic rings. The van der Waals surface area contributed by atoms with Crippen molar-refractivity contribution in [1.82, 2.24) is 9.97 Å². The molecule has 2 heterocycles. The number of aromatic nitrogens is 2. The zero-order valence-electron chi connectivity index (χ0n) is 12.2. The maximum absolute atomic E-state index is 11.3. The van der Waals surface area contributed by atoms with Gasteiger partial charge in [-0.25, -0.2) is 14.8 Å². The quantitative estimate of drug-likeness (QED) is 0.847. The molecule has 0 saturated heterocycles. The van der Waals surface area contributed by atoms with Gasteiger partial charge in [-0.1, -0.05) is 12.2 Å². The van der Waals surface area contributed by atoms with Crippen LogP contribution in [0.1, 0.15) is 28.1 Å². The highest BCUT2D eigenvalue weighted by Gasteiger charge is 2.35. The van der Waals surface area contributed by atoms with Crippen molar-refractivity contribution in [2.75, 3.05) is 11.9 Å². The first-order valence-electron chi connectivity index (χ1n) is 7.53. The van der Waals surface area contributed by atoms with E-state index in [1.807, 2.05) is 6.92 Å². The molecule has 4 rings (SSSR count). The molecular formula is C16H17N3O2S. The number of fused-ring (bicyclic) bond motifs is 3. The highest BCUT2D eigenvalue weighted by atomic mass is 32.1. The number of aryl methyl sites for hydroxylation is 1. The number of aromatic carboxylic acids is 1. The van der Waals surface area contributed by atoms with Crippen LogP contribution in [0.3, 0.4) is 0 Å². The lowest BCUT2D eigenvalue weighted by atomic mass is 9.93. The molecule has 0 radical (unpaired) electrons. The number of anilines is 1. The van der Waals surface area contributed by atoms with Crippen molar-refractivity contribution in [3.05, 3.63) is 28.9 Å². The largest absolute Gasteiger partial charge is 0.477 e. The first-order chi connectivity index (χ1) is 10.6. The summed E-state index contributed by atoms with van der Waals surface area (Å²) in [5.41, 5.74) is 0.753. The van der Waals surface area contributed by atoms with Gasteiger partial charge in [-0.05, 0) is 43.1 Å². The molecule has 114 valence electrons. The Morgan fingerprint density at radius 1 is 1.41 bits per heavy atom. The van der Waals surface area contributed by atoms with E-state index in [2.05, 4.69) is 27.4 Å². The SMILES string of the molecule is Cc1c(C(=O)O)sc2ncnc(NC[C@H]3C[C@@H]4C=C[C@H]3C4)c12. The van der Waals surface area contributed by atoms with Gasteiger partial charge in [0.05, 0.1) is 5.39 Å². The van der Waals surface area contributed by atoms with Gasteiger partial charge in [0.2, 0.25) is 0 Å². The molecule has 0 spiro atoms. The molecule has 0 aliphatic heterocycles. The number of thiophene rings is 1. The number of carbonyl (C=O) groups is 1. The predicted molar refractivity (Wildman–Crippen MR) is 86.4 cm³/mol. The number of hydrogen-bond acceptors (Lipinski definition) is 5. The average Bonchev–Trinajstić information content (AvgIpc) is 3.19. The molecule has 1 fully saturated rings. The molecule has 5 nitrogen and oxygen atoms in total. The van der Waals surface area contributed by atoms with Crippen LogP contribution in [-0.2, 0) is 0 Å². The zero-order valence-corrected chi connectivity index (χ0v) is 13.1. The summed E-state index contributed by atoms with van der Waals surface area (Å²) in [4.78, 5) is 20.9. The highest BCUT2D eigenvalue weighted by Crippen LogP contribution is 2.43. The number of allylic oxidation sites excluding steroid dienone is 2. The molecule has 1 saturated carbocycles. The number of hydrogen-bond donors (Lipinski definition) is 2. The van der Waals surface area contributed by atoms with Gasteiger partial charge < -0.3 is 10.4 Å². The summed E-state index contributed by atoms with van der Waals surface area (Å²) in [7, 11) is 0. The molecular weight excluding hydrogens is 298 g/mol. The Hall–Kier alpha value is -1.95. The van der Waals surface area contributed by atoms with Crippen molar-refractivity contribution in [2.45, 2.75) is 19.8 Å². The van der Waals surface area contributed by atoms with E-state index in [0.29, 0.717) is 16.7 Å². The van der Waals surface area contributed by atoms with Gasteiger partial charge in [0.15, 0.2) is 0 Å². The van der Waals surface area contributed by atoms with Gasteiger partial charge in [-0.15, -0.1) is 11.3 Å². The first kappa shape index (κ1) is 13.7. The lowest BCUT2D eigenvalue weighted by molar-refractivity contribution is 0.0701. The van der Waals surface area contributed by atoms with Crippen molar-refractivity contribution in [3.63, 3.8) is 0 Å². The van der Waals surface area contributed by atoms with Crippen LogP contribution in [0.5, 0.6) is 0 Å². The van der Waals surface area contributed by atoms with E-state index in [1.54, 1.807) is 0 Å². The lowest BCUT2D eigenvalue weighted by Crippen LogP contribution is -2.19. The van der Waals surface area contributed by atoms with Crippen LogP contribution in [0.15, 0.2) is 18.5 Å². The topological polar surface area (TPSA) is 75.1 Å². The third kappa shape index (κ3) is 2.09. The molecule has 0 amide bonds. The smallest absolute Gasteiger partial charge is 0.346 e. The lowest BCUT2D eigenvalue weighted by Gasteiger charge is -2.19. The van der Waals surface area contributed by atoms with Crippen molar-refractivity contribution in [2.24, 2.45) is 17.8 Å². The van der Waals surface area contributed by atoms with E-state index in [1.165, 1.54) is 30.5 Å². The number of rotatable bonds is 4. The van der Waals surface area contributed by atoms with Crippen LogP contribution < -0.4 is 5.32 Å². The number of carboxylic acids is 1. The first-order valence-corrected chi connectivity index (χ1v) is 8.34. The van der Waals surface area contributed by atoms with Gasteiger partial charge >= 0.3 is 5.97 Å². The maximum Gasteiger partial charge on any atom is 0.346 e. The summed E-state index contributed by atoms with van der Waals surface area (Å²) in [6.45, 7) is 2.71. The molecule has 22 heavy (non-hydrogen) atoms. The van der Waals surface area contributed by atoms with Crippen LogP contribution in [0, 0.1) is 24.7 Å². The Morgan fingerprint density at radius 2 is 2.27 bits per heavy atom. The zero-order chi connectivity index (χ0) is 15.3. The molecule has 2 N–H and O–H groups in total. The van der Waals surface area contributed by atoms with Crippen LogP contribution in [0.2, 0.25) is 0 Å². The Labute approximate surface area is 132 Å². The summed E-state index contributed by atoms with van der Waals surface area (Å²) in [6.07, 6.45) is 8.71. The Kier molecular flexibility index (Phi) is 3.14. The highest BCUT2D eigenvalue weighted by molar-refractivity contribution is 7.20. The summed E-state index contributed by atoms with van der Waals surface area (Å²) in [5.74, 6) is 1.96. The molecule has 6 heteroatoms. The predicted octanol–water partition coefficient (Wildman–Crippen LogP) is 3.32. The summed E-state index contributed by atoms with van der Waals surface area (Å²) < 4.78 is 0. The second-order valence-corrected chi connectivity index (χ2v) is 7.18. The van der Waals surface area contributed by atoms with Crippen LogP contribution in [0.4, 0.5) is 5.82 Å². The normalized spacial score (nSPS) is 26.0. The van der Waals surface area contributed by atoms with E-state index in [4.69, 9.17) is 0 Å². The van der Waals surface area contributed by atoms with Crippen LogP contribution >= 0.6 is 11.3 Å². The van der Waals surface area contributed by atoms with E-state index in [9.17, 15) is 9.90 Å². The molecule has 3 atom stereocenters. The van der Waals surface area contributed by atoms with E-state index in [-0.39, 0.29) is 0 Å². The maximum atomic E-state index is 11.3. The van der Waals surface area contributed by atoms with Crippen molar-refractivity contribution in [3.8, 4) is 0 Å². The van der Waals surface area contributed by atoms with Gasteiger partial charge in [-0.2, -0.15) is 0 Å². The fourth-order valence-corrected chi connectivity index (χ4v) is 4.75.